The van der Waals surface area contributed by atoms with Crippen LogP contribution in [0.2, 0.25) is 0 Å². The van der Waals surface area contributed by atoms with E-state index in [0.29, 0.717) is 31.5 Å². The van der Waals surface area contributed by atoms with Gasteiger partial charge in [0.25, 0.3) is 5.91 Å². The molecule has 1 fully saturated rings. The SMILES string of the molecule is CC1(C)C(=O)NCCN1C(=O)c1ccc2c(c1)CCC(=O)N2. The number of fused-ring (bicyclic) bond motifs is 1. The van der Waals surface area contributed by atoms with Gasteiger partial charge in [0.1, 0.15) is 5.54 Å². The number of nitrogens with zero attached hydrogens (tertiary/aromatic N) is 1. The second-order valence-electron chi connectivity index (χ2n) is 6.19. The van der Waals surface area contributed by atoms with Gasteiger partial charge in [0.15, 0.2) is 0 Å². The first kappa shape index (κ1) is 14.6. The number of hydrogen-bond donors (Lipinski definition) is 2. The van der Waals surface area contributed by atoms with Crippen molar-refractivity contribution in [2.75, 3.05) is 18.4 Å². The minimum Gasteiger partial charge on any atom is -0.352 e. The predicted molar refractivity (Wildman–Crippen MR) is 81.5 cm³/mol. The molecular weight excluding hydrogens is 282 g/mol. The molecule has 22 heavy (non-hydrogen) atoms. The zero-order valence-corrected chi connectivity index (χ0v) is 12.7. The molecule has 0 unspecified atom stereocenters. The van der Waals surface area contributed by atoms with Crippen molar-refractivity contribution in [1.82, 2.24) is 10.2 Å². The lowest BCUT2D eigenvalue weighted by Crippen LogP contribution is -2.63. The lowest BCUT2D eigenvalue weighted by Gasteiger charge is -2.41. The van der Waals surface area contributed by atoms with Gasteiger partial charge in [0.2, 0.25) is 11.8 Å². The normalized spacial score (nSPS) is 20.0. The quantitative estimate of drug-likeness (QED) is 0.809. The Labute approximate surface area is 128 Å². The van der Waals surface area contributed by atoms with Crippen molar-refractivity contribution in [1.29, 1.82) is 0 Å². The zero-order chi connectivity index (χ0) is 15.9. The molecule has 116 valence electrons. The fourth-order valence-corrected chi connectivity index (χ4v) is 2.93. The zero-order valence-electron chi connectivity index (χ0n) is 12.7. The van der Waals surface area contributed by atoms with Crippen LogP contribution in [-0.4, -0.2) is 41.2 Å². The third kappa shape index (κ3) is 2.34. The van der Waals surface area contributed by atoms with E-state index in [2.05, 4.69) is 10.6 Å². The van der Waals surface area contributed by atoms with Crippen LogP contribution in [0.5, 0.6) is 0 Å². The van der Waals surface area contributed by atoms with E-state index in [1.165, 1.54) is 0 Å². The molecule has 2 N–H and O–H groups in total. The van der Waals surface area contributed by atoms with Gasteiger partial charge in [-0.3, -0.25) is 14.4 Å². The standard InChI is InChI=1S/C16H19N3O3/c1-16(2)15(22)17-7-8-19(16)14(21)11-3-5-12-10(9-11)4-6-13(20)18-12/h3,5,9H,4,6-8H2,1-2H3,(H,17,22)(H,18,20). The van der Waals surface area contributed by atoms with Gasteiger partial charge in [-0.25, -0.2) is 0 Å². The summed E-state index contributed by atoms with van der Waals surface area (Å²) < 4.78 is 0. The first-order valence-electron chi connectivity index (χ1n) is 7.42. The van der Waals surface area contributed by atoms with Crippen LogP contribution in [0.15, 0.2) is 18.2 Å². The van der Waals surface area contributed by atoms with Crippen molar-refractivity contribution in [3.8, 4) is 0 Å². The van der Waals surface area contributed by atoms with Crippen LogP contribution in [0, 0.1) is 0 Å². The highest BCUT2D eigenvalue weighted by Crippen LogP contribution is 2.26. The van der Waals surface area contributed by atoms with Gasteiger partial charge in [0, 0.05) is 30.8 Å². The lowest BCUT2D eigenvalue weighted by atomic mass is 9.95. The number of hydrogen-bond acceptors (Lipinski definition) is 3. The summed E-state index contributed by atoms with van der Waals surface area (Å²) in [4.78, 5) is 37.7. The third-order valence-electron chi connectivity index (χ3n) is 4.34. The lowest BCUT2D eigenvalue weighted by molar-refractivity contribution is -0.133. The summed E-state index contributed by atoms with van der Waals surface area (Å²) in [6.07, 6.45) is 1.06. The average molecular weight is 301 g/mol. The van der Waals surface area contributed by atoms with Crippen molar-refractivity contribution >= 4 is 23.4 Å². The number of carbonyl (C=O) groups excluding carboxylic acids is 3. The van der Waals surface area contributed by atoms with Crippen LogP contribution in [0.25, 0.3) is 0 Å². The molecule has 2 aliphatic rings. The number of amides is 3. The maximum absolute atomic E-state index is 12.8. The third-order valence-corrected chi connectivity index (χ3v) is 4.34. The predicted octanol–water partition coefficient (Wildman–Crippen LogP) is 0.922. The molecule has 0 aliphatic carbocycles. The number of aryl methyl sites for hydroxylation is 1. The Morgan fingerprint density at radius 1 is 1.23 bits per heavy atom. The Hall–Kier alpha value is -2.37. The van der Waals surface area contributed by atoms with Crippen LogP contribution in [0.3, 0.4) is 0 Å². The summed E-state index contributed by atoms with van der Waals surface area (Å²) in [6.45, 7) is 4.45. The molecule has 0 spiro atoms. The Morgan fingerprint density at radius 3 is 2.77 bits per heavy atom. The second kappa shape index (κ2) is 5.12. The molecule has 1 aromatic rings. The van der Waals surface area contributed by atoms with Gasteiger partial charge >= 0.3 is 0 Å². The summed E-state index contributed by atoms with van der Waals surface area (Å²) >= 11 is 0. The summed E-state index contributed by atoms with van der Waals surface area (Å²) in [6, 6.07) is 5.28. The molecule has 0 saturated carbocycles. The topological polar surface area (TPSA) is 78.5 Å². The average Bonchev–Trinajstić information content (AvgIpc) is 2.49. The largest absolute Gasteiger partial charge is 0.352 e. The van der Waals surface area contributed by atoms with Crippen molar-refractivity contribution in [3.63, 3.8) is 0 Å². The van der Waals surface area contributed by atoms with Crippen LogP contribution in [0.4, 0.5) is 5.69 Å². The minimum atomic E-state index is -0.862. The number of benzene rings is 1. The van der Waals surface area contributed by atoms with Gasteiger partial charge in [-0.1, -0.05) is 0 Å². The second-order valence-corrected chi connectivity index (χ2v) is 6.19. The van der Waals surface area contributed by atoms with Crippen molar-refractivity contribution in [3.05, 3.63) is 29.3 Å². The summed E-state index contributed by atoms with van der Waals surface area (Å²) in [5, 5.41) is 5.58. The summed E-state index contributed by atoms with van der Waals surface area (Å²) in [7, 11) is 0. The van der Waals surface area contributed by atoms with Crippen LogP contribution in [0.1, 0.15) is 36.2 Å². The molecule has 0 bridgehead atoms. The maximum Gasteiger partial charge on any atom is 0.254 e. The monoisotopic (exact) mass is 301 g/mol. The molecule has 3 rings (SSSR count). The fraction of sp³-hybridized carbons (Fsp3) is 0.438. The van der Waals surface area contributed by atoms with E-state index in [1.54, 1.807) is 30.9 Å². The molecule has 3 amide bonds. The molecule has 2 heterocycles. The first-order valence-corrected chi connectivity index (χ1v) is 7.42. The van der Waals surface area contributed by atoms with E-state index in [4.69, 9.17) is 0 Å². The minimum absolute atomic E-state index is 0.000381. The molecule has 1 aromatic carbocycles. The summed E-state index contributed by atoms with van der Waals surface area (Å²) in [5.74, 6) is -0.294. The molecule has 6 heteroatoms. The Bertz CT molecular complexity index is 667. The number of nitrogens with one attached hydrogen (secondary N) is 2. The Kier molecular flexibility index (Phi) is 3.39. The van der Waals surface area contributed by atoms with Gasteiger partial charge in [-0.05, 0) is 44.0 Å². The first-order chi connectivity index (χ1) is 10.4. The van der Waals surface area contributed by atoms with E-state index >= 15 is 0 Å². The van der Waals surface area contributed by atoms with E-state index in [9.17, 15) is 14.4 Å². The van der Waals surface area contributed by atoms with Crippen molar-refractivity contribution in [2.24, 2.45) is 0 Å². The molecule has 0 atom stereocenters. The Balaban J connectivity index is 1.89. The van der Waals surface area contributed by atoms with Crippen LogP contribution in [-0.2, 0) is 16.0 Å². The maximum atomic E-state index is 12.8. The molecule has 6 nitrogen and oxygen atoms in total. The highest BCUT2D eigenvalue weighted by molar-refractivity contribution is 6.01. The van der Waals surface area contributed by atoms with Gasteiger partial charge in [-0.2, -0.15) is 0 Å². The van der Waals surface area contributed by atoms with Gasteiger partial charge in [0.05, 0.1) is 0 Å². The van der Waals surface area contributed by atoms with E-state index < -0.39 is 5.54 Å². The highest BCUT2D eigenvalue weighted by Gasteiger charge is 2.40. The smallest absolute Gasteiger partial charge is 0.254 e. The fourth-order valence-electron chi connectivity index (χ4n) is 2.93. The van der Waals surface area contributed by atoms with Crippen LogP contribution < -0.4 is 10.6 Å². The molecule has 0 radical (unpaired) electrons. The Morgan fingerprint density at radius 2 is 2.00 bits per heavy atom. The highest BCUT2D eigenvalue weighted by atomic mass is 16.2. The number of piperazine rings is 1. The molecule has 2 aliphatic heterocycles. The van der Waals surface area contributed by atoms with Crippen LogP contribution >= 0.6 is 0 Å². The van der Waals surface area contributed by atoms with E-state index in [1.807, 2.05) is 6.07 Å². The molecule has 0 aromatic heterocycles. The summed E-state index contributed by atoms with van der Waals surface area (Å²) in [5.41, 5.74) is 1.42. The van der Waals surface area contributed by atoms with Gasteiger partial charge in [-0.15, -0.1) is 0 Å². The van der Waals surface area contributed by atoms with Gasteiger partial charge < -0.3 is 15.5 Å². The number of carbonyl (C=O) groups is 3. The molecular formula is C16H19N3O3. The molecule has 1 saturated heterocycles. The van der Waals surface area contributed by atoms with Crippen molar-refractivity contribution < 1.29 is 14.4 Å². The van der Waals surface area contributed by atoms with E-state index in [-0.39, 0.29) is 17.7 Å². The van der Waals surface area contributed by atoms with E-state index in [0.717, 1.165) is 11.3 Å². The number of rotatable bonds is 1. The number of anilines is 1. The van der Waals surface area contributed by atoms with Crippen molar-refractivity contribution in [2.45, 2.75) is 32.2 Å².